The topological polar surface area (TPSA) is 41.9 Å². The van der Waals surface area contributed by atoms with Gasteiger partial charge < -0.3 is 0 Å². The summed E-state index contributed by atoms with van der Waals surface area (Å²) >= 11 is 0. The van der Waals surface area contributed by atoms with Gasteiger partial charge in [0.1, 0.15) is 12.0 Å². The van der Waals surface area contributed by atoms with Gasteiger partial charge in [0.2, 0.25) is 0 Å². The van der Waals surface area contributed by atoms with Crippen molar-refractivity contribution in [1.82, 2.24) is 19.9 Å². The molecule has 1 atom stereocenters. The zero-order chi connectivity index (χ0) is 21.1. The highest BCUT2D eigenvalue weighted by Gasteiger charge is 2.34. The Morgan fingerprint density at radius 2 is 2.07 bits per heavy atom. The summed E-state index contributed by atoms with van der Waals surface area (Å²) in [6.45, 7) is 4.20. The molecular formula is C23H24F3N4. The van der Waals surface area contributed by atoms with E-state index in [1.54, 1.807) is 18.2 Å². The normalized spacial score (nSPS) is 18.1. The van der Waals surface area contributed by atoms with Crippen molar-refractivity contribution in [2.75, 3.05) is 13.1 Å². The third kappa shape index (κ3) is 4.46. The highest BCUT2D eigenvalue weighted by molar-refractivity contribution is 5.83. The van der Waals surface area contributed by atoms with E-state index in [9.17, 15) is 13.2 Å². The van der Waals surface area contributed by atoms with Crippen molar-refractivity contribution in [3.63, 3.8) is 0 Å². The Balaban J connectivity index is 1.59. The van der Waals surface area contributed by atoms with E-state index >= 15 is 0 Å². The quantitative estimate of drug-likeness (QED) is 0.568. The average molecular weight is 413 g/mol. The molecular weight excluding hydrogens is 389 g/mol. The summed E-state index contributed by atoms with van der Waals surface area (Å²) in [7, 11) is 0. The first-order valence-corrected chi connectivity index (χ1v) is 10.4. The van der Waals surface area contributed by atoms with Crippen LogP contribution in [0, 0.1) is 6.20 Å². The van der Waals surface area contributed by atoms with Crippen LogP contribution in [0.2, 0.25) is 0 Å². The Bertz CT molecular complexity index is 1020. The summed E-state index contributed by atoms with van der Waals surface area (Å²) in [5, 5.41) is 0.677. The van der Waals surface area contributed by atoms with Crippen LogP contribution in [0.4, 0.5) is 13.2 Å². The highest BCUT2D eigenvalue weighted by atomic mass is 19.4. The lowest BCUT2D eigenvalue weighted by Crippen LogP contribution is -2.40. The third-order valence-electron chi connectivity index (χ3n) is 5.78. The standard InChI is InChI=1S/C23H24F3N4/c1-2-18-6-3-4-12-30(18)13-10-21-28-15-17-9-8-16(14-20(17)29-21)22-19(23(24,25)26)7-5-11-27-22/h5,7-9,11,14,18H,2-4,6,10,12-13H2,1H3. The number of aromatic nitrogens is 3. The largest absolute Gasteiger partial charge is 0.418 e. The molecule has 1 saturated heterocycles. The number of alkyl halides is 3. The zero-order valence-corrected chi connectivity index (χ0v) is 16.9. The minimum Gasteiger partial charge on any atom is -0.300 e. The second-order valence-electron chi connectivity index (χ2n) is 7.72. The number of piperidine rings is 1. The van der Waals surface area contributed by atoms with E-state index in [-0.39, 0.29) is 5.69 Å². The SMILES string of the molecule is CCC1CCCCN1CCc1n[c]c2ccc(-c3ncccc3C(F)(F)F)cc2n1. The van der Waals surface area contributed by atoms with Gasteiger partial charge in [-0.3, -0.25) is 9.88 Å². The molecule has 30 heavy (non-hydrogen) atoms. The van der Waals surface area contributed by atoms with Crippen molar-refractivity contribution in [2.45, 2.75) is 51.2 Å². The first-order chi connectivity index (χ1) is 14.5. The average Bonchev–Trinajstić information content (AvgIpc) is 2.76. The Morgan fingerprint density at radius 1 is 1.20 bits per heavy atom. The predicted molar refractivity (Wildman–Crippen MR) is 110 cm³/mol. The fraction of sp³-hybridized carbons (Fsp3) is 0.435. The molecule has 0 N–H and O–H groups in total. The molecule has 3 aromatic rings. The fourth-order valence-corrected chi connectivity index (χ4v) is 4.19. The maximum Gasteiger partial charge on any atom is 0.418 e. The number of pyridine rings is 1. The monoisotopic (exact) mass is 413 g/mol. The highest BCUT2D eigenvalue weighted by Crippen LogP contribution is 2.36. The summed E-state index contributed by atoms with van der Waals surface area (Å²) in [5.41, 5.74) is 0.127. The van der Waals surface area contributed by atoms with Gasteiger partial charge in [0, 0.05) is 36.2 Å². The second kappa shape index (κ2) is 8.68. The Kier molecular flexibility index (Phi) is 5.99. The Hall–Kier alpha value is -2.54. The van der Waals surface area contributed by atoms with Gasteiger partial charge in [0.25, 0.3) is 0 Å². The van der Waals surface area contributed by atoms with Crippen molar-refractivity contribution in [3.8, 4) is 11.3 Å². The van der Waals surface area contributed by atoms with Crippen LogP contribution in [-0.4, -0.2) is 39.0 Å². The number of likely N-dealkylation sites (tertiary alicyclic amines) is 1. The third-order valence-corrected chi connectivity index (χ3v) is 5.78. The minimum absolute atomic E-state index is 0.0915. The molecule has 0 spiro atoms. The molecule has 4 nitrogen and oxygen atoms in total. The van der Waals surface area contributed by atoms with Crippen LogP contribution in [0.25, 0.3) is 22.2 Å². The number of benzene rings is 1. The molecule has 0 amide bonds. The number of fused-ring (bicyclic) bond motifs is 1. The number of nitrogens with zero attached hydrogens (tertiary/aromatic N) is 4. The summed E-state index contributed by atoms with van der Waals surface area (Å²) in [4.78, 5) is 15.4. The van der Waals surface area contributed by atoms with Crippen LogP contribution in [0.5, 0.6) is 0 Å². The van der Waals surface area contributed by atoms with Gasteiger partial charge in [-0.1, -0.05) is 19.4 Å². The second-order valence-corrected chi connectivity index (χ2v) is 7.72. The lowest BCUT2D eigenvalue weighted by molar-refractivity contribution is -0.137. The van der Waals surface area contributed by atoms with Crippen LogP contribution in [0.1, 0.15) is 44.0 Å². The number of halogens is 3. The van der Waals surface area contributed by atoms with E-state index in [0.29, 0.717) is 34.8 Å². The molecule has 7 heteroatoms. The first-order valence-electron chi connectivity index (χ1n) is 10.4. The summed E-state index contributed by atoms with van der Waals surface area (Å²) in [6, 6.07) is 7.91. The van der Waals surface area contributed by atoms with Crippen LogP contribution in [0.15, 0.2) is 36.5 Å². The van der Waals surface area contributed by atoms with Gasteiger partial charge in [-0.15, -0.1) is 0 Å². The zero-order valence-electron chi connectivity index (χ0n) is 16.9. The Morgan fingerprint density at radius 3 is 2.87 bits per heavy atom. The number of hydrogen-bond donors (Lipinski definition) is 0. The maximum atomic E-state index is 13.4. The smallest absolute Gasteiger partial charge is 0.300 e. The fourth-order valence-electron chi connectivity index (χ4n) is 4.19. The Labute approximate surface area is 174 Å². The van der Waals surface area contributed by atoms with E-state index in [0.717, 1.165) is 25.6 Å². The first kappa shape index (κ1) is 20.7. The van der Waals surface area contributed by atoms with E-state index in [2.05, 4.69) is 33.0 Å². The van der Waals surface area contributed by atoms with E-state index in [1.807, 2.05) is 0 Å². The lowest BCUT2D eigenvalue weighted by Gasteiger charge is -2.35. The van der Waals surface area contributed by atoms with Crippen LogP contribution in [0.3, 0.4) is 0 Å². The molecule has 1 aliphatic heterocycles. The number of hydrogen-bond acceptors (Lipinski definition) is 4. The molecule has 0 saturated carbocycles. The van der Waals surface area contributed by atoms with Gasteiger partial charge in [-0.25, -0.2) is 9.97 Å². The molecule has 1 radical (unpaired) electrons. The lowest BCUT2D eigenvalue weighted by atomic mass is 10.00. The summed E-state index contributed by atoms with van der Waals surface area (Å²) in [6.07, 6.45) is 5.46. The molecule has 0 aliphatic carbocycles. The van der Waals surface area contributed by atoms with Gasteiger partial charge in [-0.2, -0.15) is 13.2 Å². The molecule has 2 aromatic heterocycles. The molecule has 157 valence electrons. The molecule has 1 aromatic carbocycles. The van der Waals surface area contributed by atoms with Crippen molar-refractivity contribution in [1.29, 1.82) is 0 Å². The van der Waals surface area contributed by atoms with Gasteiger partial charge in [0.15, 0.2) is 0 Å². The molecule has 0 bridgehead atoms. The van der Waals surface area contributed by atoms with Crippen molar-refractivity contribution < 1.29 is 13.2 Å². The molecule has 1 unspecified atom stereocenters. The predicted octanol–water partition coefficient (Wildman–Crippen LogP) is 5.32. The van der Waals surface area contributed by atoms with Crippen LogP contribution >= 0.6 is 0 Å². The van der Waals surface area contributed by atoms with Crippen LogP contribution < -0.4 is 0 Å². The number of rotatable bonds is 5. The van der Waals surface area contributed by atoms with Gasteiger partial charge in [0.05, 0.1) is 16.8 Å². The van der Waals surface area contributed by atoms with E-state index in [1.165, 1.54) is 31.5 Å². The van der Waals surface area contributed by atoms with E-state index < -0.39 is 11.7 Å². The van der Waals surface area contributed by atoms with Gasteiger partial charge >= 0.3 is 6.18 Å². The van der Waals surface area contributed by atoms with Crippen LogP contribution in [-0.2, 0) is 12.6 Å². The minimum atomic E-state index is -4.47. The summed E-state index contributed by atoms with van der Waals surface area (Å²) < 4.78 is 40.1. The van der Waals surface area contributed by atoms with Crippen molar-refractivity contribution >= 4 is 10.9 Å². The maximum absolute atomic E-state index is 13.4. The van der Waals surface area contributed by atoms with Gasteiger partial charge in [-0.05, 0) is 50.1 Å². The molecule has 4 rings (SSSR count). The molecule has 1 aliphatic rings. The molecule has 3 heterocycles. The van der Waals surface area contributed by atoms with Crippen molar-refractivity contribution in [3.05, 3.63) is 54.1 Å². The summed E-state index contributed by atoms with van der Waals surface area (Å²) in [5.74, 6) is 0.664. The molecule has 1 fully saturated rings. The van der Waals surface area contributed by atoms with E-state index in [4.69, 9.17) is 0 Å². The van der Waals surface area contributed by atoms with Crippen molar-refractivity contribution in [2.24, 2.45) is 0 Å².